The van der Waals surface area contributed by atoms with Gasteiger partial charge >= 0.3 is 0 Å². The summed E-state index contributed by atoms with van der Waals surface area (Å²) in [4.78, 5) is 0. The molecule has 0 atom stereocenters. The van der Waals surface area contributed by atoms with Crippen LogP contribution < -0.4 is 5.73 Å². The summed E-state index contributed by atoms with van der Waals surface area (Å²) in [7, 11) is 0. The van der Waals surface area contributed by atoms with Crippen LogP contribution in [-0.2, 0) is 12.8 Å². The summed E-state index contributed by atoms with van der Waals surface area (Å²) in [5.41, 5.74) is 10.7. The highest BCUT2D eigenvalue weighted by Crippen LogP contribution is 2.37. The highest BCUT2D eigenvalue weighted by molar-refractivity contribution is 6.14. The van der Waals surface area contributed by atoms with E-state index < -0.39 is 0 Å². The minimum Gasteiger partial charge on any atom is -0.398 e. The third-order valence-electron chi connectivity index (χ3n) is 4.39. The van der Waals surface area contributed by atoms with E-state index in [1.807, 2.05) is 24.3 Å². The maximum absolute atomic E-state index is 9.58. The van der Waals surface area contributed by atoms with Crippen LogP contribution in [0, 0.1) is 11.3 Å². The van der Waals surface area contributed by atoms with Gasteiger partial charge in [0.2, 0.25) is 0 Å². The van der Waals surface area contributed by atoms with Crippen LogP contribution in [0.5, 0.6) is 0 Å². The number of fused-ring (bicyclic) bond motifs is 3. The average molecular weight is 258 g/mol. The lowest BCUT2D eigenvalue weighted by Crippen LogP contribution is -1.95. The molecule has 96 valence electrons. The van der Waals surface area contributed by atoms with Crippen molar-refractivity contribution in [2.24, 2.45) is 0 Å². The highest BCUT2D eigenvalue weighted by Gasteiger charge is 2.17. The zero-order valence-electron chi connectivity index (χ0n) is 11.1. The summed E-state index contributed by atoms with van der Waals surface area (Å²) < 4.78 is 0. The Morgan fingerprint density at radius 3 is 2.25 bits per heavy atom. The summed E-state index contributed by atoms with van der Waals surface area (Å²) in [6.45, 7) is 0. The molecule has 0 bridgehead atoms. The second-order valence-corrected chi connectivity index (χ2v) is 5.47. The molecule has 0 aromatic heterocycles. The largest absolute Gasteiger partial charge is 0.398 e. The molecule has 0 radical (unpaired) electrons. The van der Waals surface area contributed by atoms with Gasteiger partial charge in [-0.05, 0) is 42.5 Å². The smallest absolute Gasteiger partial charge is 0.100 e. The van der Waals surface area contributed by atoms with E-state index >= 15 is 0 Å². The molecule has 3 aromatic carbocycles. The quantitative estimate of drug-likeness (QED) is 0.490. The lowest BCUT2D eigenvalue weighted by atomic mass is 9.93. The van der Waals surface area contributed by atoms with Gasteiger partial charge in [0.1, 0.15) is 6.07 Å². The molecule has 20 heavy (non-hydrogen) atoms. The number of anilines is 1. The number of benzene rings is 3. The number of rotatable bonds is 0. The molecule has 0 amide bonds. The molecular formula is C18H14N2. The SMILES string of the molecule is N#Cc1c2ccccc2c(N)c2cc3c(cc12)CCC3. The van der Waals surface area contributed by atoms with Crippen molar-refractivity contribution < 1.29 is 0 Å². The molecule has 0 heterocycles. The van der Waals surface area contributed by atoms with E-state index in [1.54, 1.807) is 0 Å². The van der Waals surface area contributed by atoms with Gasteiger partial charge in [-0.1, -0.05) is 24.3 Å². The van der Waals surface area contributed by atoms with Gasteiger partial charge in [-0.15, -0.1) is 0 Å². The molecule has 2 heteroatoms. The van der Waals surface area contributed by atoms with E-state index in [1.165, 1.54) is 17.5 Å². The lowest BCUT2D eigenvalue weighted by molar-refractivity contribution is 0.912. The van der Waals surface area contributed by atoms with Gasteiger partial charge in [-0.2, -0.15) is 5.26 Å². The van der Waals surface area contributed by atoms with Crippen molar-refractivity contribution in [2.75, 3.05) is 5.73 Å². The maximum Gasteiger partial charge on any atom is 0.100 e. The Labute approximate surface area is 117 Å². The standard InChI is InChI=1S/C18H14N2/c19-10-17-13-6-1-2-7-14(13)18(20)16-9-12-5-3-4-11(12)8-15(16)17/h1-2,6-9H,3-5,20H2. The van der Waals surface area contributed by atoms with E-state index in [0.29, 0.717) is 0 Å². The molecule has 1 aliphatic carbocycles. The van der Waals surface area contributed by atoms with Crippen LogP contribution in [0.1, 0.15) is 23.1 Å². The molecule has 0 fully saturated rings. The van der Waals surface area contributed by atoms with Gasteiger partial charge in [0.15, 0.2) is 0 Å². The van der Waals surface area contributed by atoms with Gasteiger partial charge in [-0.3, -0.25) is 0 Å². The van der Waals surface area contributed by atoms with Crippen molar-refractivity contribution in [3.63, 3.8) is 0 Å². The number of nitrogens with zero attached hydrogens (tertiary/aromatic N) is 1. The van der Waals surface area contributed by atoms with Crippen LogP contribution in [0.2, 0.25) is 0 Å². The Bertz CT molecular complexity index is 901. The van der Waals surface area contributed by atoms with Gasteiger partial charge < -0.3 is 5.73 Å². The second-order valence-electron chi connectivity index (χ2n) is 5.47. The average Bonchev–Trinajstić information content (AvgIpc) is 2.94. The van der Waals surface area contributed by atoms with Crippen molar-refractivity contribution in [3.05, 3.63) is 53.1 Å². The Balaban J connectivity index is 2.27. The first kappa shape index (κ1) is 11.3. The van der Waals surface area contributed by atoms with Crippen LogP contribution in [0.3, 0.4) is 0 Å². The predicted octanol–water partition coefficient (Wildman–Crippen LogP) is 3.94. The topological polar surface area (TPSA) is 49.8 Å². The number of hydrogen-bond acceptors (Lipinski definition) is 2. The summed E-state index contributed by atoms with van der Waals surface area (Å²) in [5, 5.41) is 13.6. The van der Waals surface area contributed by atoms with Crippen molar-refractivity contribution in [1.29, 1.82) is 5.26 Å². The van der Waals surface area contributed by atoms with Gasteiger partial charge in [0, 0.05) is 27.2 Å². The summed E-state index contributed by atoms with van der Waals surface area (Å²) in [6.07, 6.45) is 3.44. The molecule has 0 spiro atoms. The van der Waals surface area contributed by atoms with Crippen LogP contribution in [0.15, 0.2) is 36.4 Å². The Hall–Kier alpha value is -2.53. The van der Waals surface area contributed by atoms with Gasteiger partial charge in [-0.25, -0.2) is 0 Å². The lowest BCUT2D eigenvalue weighted by Gasteiger charge is -2.12. The highest BCUT2D eigenvalue weighted by atomic mass is 14.6. The molecule has 0 aliphatic heterocycles. The molecule has 0 saturated carbocycles. The van der Waals surface area contributed by atoms with Crippen LogP contribution in [-0.4, -0.2) is 0 Å². The normalized spacial score (nSPS) is 13.6. The van der Waals surface area contributed by atoms with E-state index in [9.17, 15) is 5.26 Å². The Morgan fingerprint density at radius 2 is 1.55 bits per heavy atom. The van der Waals surface area contributed by atoms with Crippen LogP contribution in [0.4, 0.5) is 5.69 Å². The minimum absolute atomic E-state index is 0.750. The monoisotopic (exact) mass is 258 g/mol. The molecule has 3 aromatic rings. The molecular weight excluding hydrogens is 244 g/mol. The molecule has 2 nitrogen and oxygen atoms in total. The first-order chi connectivity index (χ1) is 9.79. The predicted molar refractivity (Wildman–Crippen MR) is 82.6 cm³/mol. The molecule has 1 aliphatic rings. The number of hydrogen-bond donors (Lipinski definition) is 1. The zero-order valence-corrected chi connectivity index (χ0v) is 11.1. The Morgan fingerprint density at radius 1 is 0.900 bits per heavy atom. The van der Waals surface area contributed by atoms with Gasteiger partial charge in [0.25, 0.3) is 0 Å². The molecule has 0 unspecified atom stereocenters. The Kier molecular flexibility index (Phi) is 2.25. The maximum atomic E-state index is 9.58. The van der Waals surface area contributed by atoms with Crippen LogP contribution in [0.25, 0.3) is 21.5 Å². The number of nitriles is 1. The van der Waals surface area contributed by atoms with E-state index in [4.69, 9.17) is 5.73 Å². The van der Waals surface area contributed by atoms with E-state index in [0.717, 1.165) is 45.6 Å². The molecule has 2 N–H and O–H groups in total. The third-order valence-corrected chi connectivity index (χ3v) is 4.39. The zero-order chi connectivity index (χ0) is 13.7. The van der Waals surface area contributed by atoms with Gasteiger partial charge in [0.05, 0.1) is 5.56 Å². The van der Waals surface area contributed by atoms with Crippen molar-refractivity contribution >= 4 is 27.2 Å². The minimum atomic E-state index is 0.750. The van der Waals surface area contributed by atoms with E-state index in [2.05, 4.69) is 18.2 Å². The van der Waals surface area contributed by atoms with Crippen molar-refractivity contribution in [1.82, 2.24) is 0 Å². The second kappa shape index (κ2) is 3.98. The summed E-state index contributed by atoms with van der Waals surface area (Å²) in [5.74, 6) is 0. The van der Waals surface area contributed by atoms with E-state index in [-0.39, 0.29) is 0 Å². The summed E-state index contributed by atoms with van der Waals surface area (Å²) in [6, 6.07) is 14.7. The van der Waals surface area contributed by atoms with Crippen LogP contribution >= 0.6 is 0 Å². The number of nitrogen functional groups attached to an aromatic ring is 1. The third kappa shape index (κ3) is 1.38. The number of aryl methyl sites for hydroxylation is 2. The van der Waals surface area contributed by atoms with Crippen molar-refractivity contribution in [2.45, 2.75) is 19.3 Å². The fraction of sp³-hybridized carbons (Fsp3) is 0.167. The first-order valence-corrected chi connectivity index (χ1v) is 6.95. The fourth-order valence-electron chi connectivity index (χ4n) is 3.40. The van der Waals surface area contributed by atoms with Crippen molar-refractivity contribution in [3.8, 4) is 6.07 Å². The molecule has 0 saturated heterocycles. The number of nitrogens with two attached hydrogens (primary N) is 1. The fourth-order valence-corrected chi connectivity index (χ4v) is 3.40. The molecule has 4 rings (SSSR count). The first-order valence-electron chi connectivity index (χ1n) is 6.95. The summed E-state index contributed by atoms with van der Waals surface area (Å²) >= 11 is 0.